The molecule has 0 spiro atoms. The van der Waals surface area contributed by atoms with Crippen LogP contribution in [0, 0.1) is 0 Å². The molecule has 3 aromatic heterocycles. The summed E-state index contributed by atoms with van der Waals surface area (Å²) in [7, 11) is -1.16. The maximum Gasteiger partial charge on any atom is 0.185 e. The van der Waals surface area contributed by atoms with Gasteiger partial charge in [-0.25, -0.2) is 14.3 Å². The molecule has 4 rings (SSSR count). The van der Waals surface area contributed by atoms with Crippen molar-refractivity contribution in [2.24, 2.45) is 0 Å². The van der Waals surface area contributed by atoms with Crippen LogP contribution < -0.4 is 0 Å². The Morgan fingerprint density at radius 2 is 1.92 bits per heavy atom. The van der Waals surface area contributed by atoms with E-state index in [0.29, 0.717) is 35.6 Å². The van der Waals surface area contributed by atoms with Crippen molar-refractivity contribution in [2.45, 2.75) is 45.8 Å². The second-order valence-corrected chi connectivity index (χ2v) is 16.7. The molecule has 0 saturated heterocycles. The summed E-state index contributed by atoms with van der Waals surface area (Å²) in [4.78, 5) is 20.5. The third-order valence-corrected chi connectivity index (χ3v) is 8.05. The van der Waals surface area contributed by atoms with Gasteiger partial charge in [0.1, 0.15) is 24.5 Å². The van der Waals surface area contributed by atoms with Gasteiger partial charge in [0.25, 0.3) is 0 Å². The fraction of sp³-hybridized carbons (Fsp3) is 0.320. The summed E-state index contributed by atoms with van der Waals surface area (Å²) >= 11 is 10.1. The lowest BCUT2D eigenvalue weighted by molar-refractivity contribution is -0.116. The summed E-state index contributed by atoms with van der Waals surface area (Å²) in [6, 6.07) is 10.5. The highest BCUT2D eigenvalue weighted by atomic mass is 79.9. The lowest BCUT2D eigenvalue weighted by Crippen LogP contribution is -2.22. The molecule has 11 heteroatoms. The van der Waals surface area contributed by atoms with Crippen molar-refractivity contribution >= 4 is 41.4 Å². The maximum absolute atomic E-state index is 11.6. The van der Waals surface area contributed by atoms with Crippen molar-refractivity contribution in [2.75, 3.05) is 6.61 Å². The van der Waals surface area contributed by atoms with E-state index in [-0.39, 0.29) is 12.2 Å². The van der Waals surface area contributed by atoms with Gasteiger partial charge in [-0.2, -0.15) is 5.10 Å². The van der Waals surface area contributed by atoms with E-state index in [9.17, 15) is 4.79 Å². The van der Waals surface area contributed by atoms with E-state index in [0.717, 1.165) is 27.3 Å². The summed E-state index contributed by atoms with van der Waals surface area (Å²) in [5.74, 6) is 0.551. The molecule has 0 N–H and O–H groups in total. The monoisotopic (exact) mass is 586 g/mol. The third-order valence-electron chi connectivity index (χ3n) is 5.41. The molecule has 0 unspecified atom stereocenters. The van der Waals surface area contributed by atoms with Gasteiger partial charge in [0.05, 0.1) is 20.7 Å². The summed E-state index contributed by atoms with van der Waals surface area (Å²) in [5, 5.41) is 10.1. The van der Waals surface area contributed by atoms with Gasteiger partial charge in [-0.05, 0) is 41.0 Å². The number of carbonyl (C=O) groups excluding carboxylic acids is 1. The minimum absolute atomic E-state index is 0.0375. The Balaban J connectivity index is 1.70. The first-order valence-corrected chi connectivity index (χ1v) is 16.4. The molecule has 188 valence electrons. The maximum atomic E-state index is 11.6. The molecule has 8 nitrogen and oxygen atoms in total. The summed E-state index contributed by atoms with van der Waals surface area (Å²) < 4.78 is 9.98. The fourth-order valence-electron chi connectivity index (χ4n) is 3.53. The first-order chi connectivity index (χ1) is 17.1. The number of benzene rings is 1. The molecule has 0 radical (unpaired) electrons. The van der Waals surface area contributed by atoms with Crippen molar-refractivity contribution in [3.8, 4) is 28.3 Å². The number of rotatable bonds is 10. The van der Waals surface area contributed by atoms with Crippen molar-refractivity contribution < 1.29 is 9.53 Å². The molecule has 0 amide bonds. The average molecular weight is 588 g/mol. The zero-order valence-corrected chi connectivity index (χ0v) is 24.0. The van der Waals surface area contributed by atoms with Crippen LogP contribution in [-0.4, -0.2) is 50.0 Å². The summed E-state index contributed by atoms with van der Waals surface area (Å²) in [6.07, 6.45) is 5.44. The molecule has 0 aliphatic heterocycles. The predicted molar refractivity (Wildman–Crippen MR) is 147 cm³/mol. The first-order valence-electron chi connectivity index (χ1n) is 11.6. The van der Waals surface area contributed by atoms with Gasteiger partial charge in [-0.15, -0.1) is 5.10 Å². The topological polar surface area (TPSA) is 87.7 Å². The predicted octanol–water partition coefficient (Wildman–Crippen LogP) is 6.05. The number of hydrogen-bond acceptors (Lipinski definition) is 6. The molecule has 0 saturated carbocycles. The largest absolute Gasteiger partial charge is 0.359 e. The molecule has 0 aliphatic carbocycles. The lowest BCUT2D eigenvalue weighted by atomic mass is 10.1. The number of ether oxygens (including phenoxy) is 1. The molecule has 3 heterocycles. The smallest absolute Gasteiger partial charge is 0.185 e. The number of halogens is 2. The molecule has 1 aromatic carbocycles. The van der Waals surface area contributed by atoms with Gasteiger partial charge in [-0.3, -0.25) is 9.78 Å². The number of carbonyl (C=O) groups is 1. The van der Waals surface area contributed by atoms with Gasteiger partial charge in [0.15, 0.2) is 5.82 Å². The Labute approximate surface area is 224 Å². The standard InChI is InChI=1S/C25H28BrClN6O2Si/c1-17(34)11-18-12-23(21(26)13-28-18)33-14-20(24(30-33)19-7-5-6-8-22(19)27)25-29-15-32(31-25)16-35-9-10-36(2,3)4/h5-8,12-15H,9-11,16H2,1-4H3. The Morgan fingerprint density at radius 1 is 1.14 bits per heavy atom. The Bertz CT molecular complexity index is 1380. The lowest BCUT2D eigenvalue weighted by Gasteiger charge is -2.15. The quantitative estimate of drug-likeness (QED) is 0.166. The van der Waals surface area contributed by atoms with Gasteiger partial charge in [-0.1, -0.05) is 49.4 Å². The fourth-order valence-corrected chi connectivity index (χ4v) is 4.91. The van der Waals surface area contributed by atoms with Crippen LogP contribution in [0.3, 0.4) is 0 Å². The number of hydrogen-bond donors (Lipinski definition) is 0. The van der Waals surface area contributed by atoms with Crippen LogP contribution in [-0.2, 0) is 22.7 Å². The van der Waals surface area contributed by atoms with E-state index in [1.54, 1.807) is 28.8 Å². The molecule has 0 atom stereocenters. The Kier molecular flexibility index (Phi) is 8.19. The van der Waals surface area contributed by atoms with Crippen LogP contribution in [0.15, 0.2) is 53.5 Å². The van der Waals surface area contributed by atoms with Crippen LogP contribution in [0.1, 0.15) is 12.6 Å². The van der Waals surface area contributed by atoms with Crippen LogP contribution in [0.4, 0.5) is 0 Å². The van der Waals surface area contributed by atoms with Crippen molar-refractivity contribution in [1.82, 2.24) is 29.5 Å². The number of aromatic nitrogens is 6. The van der Waals surface area contributed by atoms with Crippen LogP contribution in [0.25, 0.3) is 28.3 Å². The molecule has 36 heavy (non-hydrogen) atoms. The number of Topliss-reactive ketones (excluding diaryl/α,β-unsaturated/α-hetero) is 1. The van der Waals surface area contributed by atoms with Crippen LogP contribution in [0.2, 0.25) is 30.7 Å². The highest BCUT2D eigenvalue weighted by Crippen LogP contribution is 2.35. The zero-order chi connectivity index (χ0) is 25.9. The van der Waals surface area contributed by atoms with E-state index in [1.807, 2.05) is 36.5 Å². The Morgan fingerprint density at radius 3 is 2.64 bits per heavy atom. The molecule has 0 aliphatic rings. The normalized spacial score (nSPS) is 11.7. The van der Waals surface area contributed by atoms with Crippen molar-refractivity contribution in [3.05, 3.63) is 64.2 Å². The Hall–Kier alpha value is -2.66. The van der Waals surface area contributed by atoms with Gasteiger partial charge < -0.3 is 4.74 Å². The van der Waals surface area contributed by atoms with E-state index in [1.165, 1.54) is 0 Å². The third kappa shape index (κ3) is 6.55. The molecule has 0 fully saturated rings. The van der Waals surface area contributed by atoms with Gasteiger partial charge in [0, 0.05) is 44.8 Å². The van der Waals surface area contributed by atoms with E-state index >= 15 is 0 Å². The highest BCUT2D eigenvalue weighted by molar-refractivity contribution is 9.10. The van der Waals surface area contributed by atoms with Crippen LogP contribution in [0.5, 0.6) is 0 Å². The van der Waals surface area contributed by atoms with Crippen molar-refractivity contribution in [3.63, 3.8) is 0 Å². The minimum Gasteiger partial charge on any atom is -0.359 e. The van der Waals surface area contributed by atoms with Crippen LogP contribution >= 0.6 is 27.5 Å². The number of pyridine rings is 1. The van der Waals surface area contributed by atoms with E-state index < -0.39 is 8.07 Å². The zero-order valence-electron chi connectivity index (χ0n) is 20.7. The van der Waals surface area contributed by atoms with E-state index in [2.05, 4.69) is 50.6 Å². The van der Waals surface area contributed by atoms with E-state index in [4.69, 9.17) is 21.4 Å². The second kappa shape index (κ2) is 11.2. The summed E-state index contributed by atoms with van der Waals surface area (Å²) in [6.45, 7) is 9.54. The molecule has 0 bridgehead atoms. The minimum atomic E-state index is -1.16. The molecular weight excluding hydrogens is 560 g/mol. The highest BCUT2D eigenvalue weighted by Gasteiger charge is 2.21. The number of ketones is 1. The molecular formula is C25H28BrClN6O2Si. The SMILES string of the molecule is CC(=O)Cc1cc(-n2cc(-c3ncn(COCC[Si](C)(C)C)n3)c(-c3ccccc3Cl)n2)c(Br)cn1. The summed E-state index contributed by atoms with van der Waals surface area (Å²) in [5.41, 5.74) is 3.55. The number of nitrogens with zero attached hydrogens (tertiary/aromatic N) is 6. The molecule has 4 aromatic rings. The van der Waals surface area contributed by atoms with Crippen molar-refractivity contribution in [1.29, 1.82) is 0 Å². The average Bonchev–Trinajstić information content (AvgIpc) is 3.45. The van der Waals surface area contributed by atoms with Gasteiger partial charge >= 0.3 is 0 Å². The first kappa shape index (κ1) is 26.4. The van der Waals surface area contributed by atoms with Gasteiger partial charge in [0.2, 0.25) is 0 Å². The second-order valence-electron chi connectivity index (χ2n) is 9.78.